The Labute approximate surface area is 105 Å². The number of ether oxygens (including phenoxy) is 1. The van der Waals surface area contributed by atoms with Gasteiger partial charge in [0.25, 0.3) is 0 Å². The van der Waals surface area contributed by atoms with E-state index in [2.05, 4.69) is 13.8 Å². The molecule has 1 fully saturated rings. The lowest BCUT2D eigenvalue weighted by Gasteiger charge is -2.32. The largest absolute Gasteiger partial charge is 0.490 e. The highest BCUT2D eigenvalue weighted by molar-refractivity contribution is 5.21. The Kier molecular flexibility index (Phi) is 4.47. The minimum atomic E-state index is 0.357. The van der Waals surface area contributed by atoms with E-state index in [1.807, 2.05) is 30.3 Å². The first-order chi connectivity index (χ1) is 8.29. The van der Waals surface area contributed by atoms with Gasteiger partial charge in [0.05, 0.1) is 6.10 Å². The highest BCUT2D eigenvalue weighted by Gasteiger charge is 2.25. The first-order valence-electron chi connectivity index (χ1n) is 7.01. The van der Waals surface area contributed by atoms with E-state index < -0.39 is 0 Å². The molecule has 0 aliphatic heterocycles. The summed E-state index contributed by atoms with van der Waals surface area (Å²) < 4.78 is 6.02. The zero-order valence-corrected chi connectivity index (χ0v) is 11.1. The minimum Gasteiger partial charge on any atom is -0.490 e. The zero-order chi connectivity index (χ0) is 12.1. The lowest BCUT2D eigenvalue weighted by Crippen LogP contribution is -2.27. The molecule has 0 spiro atoms. The van der Waals surface area contributed by atoms with Crippen LogP contribution >= 0.6 is 0 Å². The molecule has 1 aromatic rings. The predicted molar refractivity (Wildman–Crippen MR) is 72.3 cm³/mol. The summed E-state index contributed by atoms with van der Waals surface area (Å²) >= 11 is 0. The average molecular weight is 232 g/mol. The van der Waals surface area contributed by atoms with Crippen molar-refractivity contribution in [3.05, 3.63) is 30.3 Å². The Morgan fingerprint density at radius 3 is 2.35 bits per heavy atom. The van der Waals surface area contributed by atoms with E-state index in [0.29, 0.717) is 6.10 Å². The van der Waals surface area contributed by atoms with E-state index in [0.717, 1.165) is 17.6 Å². The lowest BCUT2D eigenvalue weighted by molar-refractivity contribution is 0.108. The van der Waals surface area contributed by atoms with Gasteiger partial charge in [-0.1, -0.05) is 44.4 Å². The van der Waals surface area contributed by atoms with E-state index in [-0.39, 0.29) is 0 Å². The van der Waals surface area contributed by atoms with Gasteiger partial charge >= 0.3 is 0 Å². The van der Waals surface area contributed by atoms with Crippen molar-refractivity contribution >= 4 is 0 Å². The molecule has 0 aromatic heterocycles. The molecule has 17 heavy (non-hydrogen) atoms. The van der Waals surface area contributed by atoms with Crippen molar-refractivity contribution in [2.24, 2.45) is 11.8 Å². The number of benzene rings is 1. The first-order valence-corrected chi connectivity index (χ1v) is 7.01. The van der Waals surface area contributed by atoms with E-state index in [9.17, 15) is 0 Å². The molecule has 0 radical (unpaired) electrons. The molecule has 0 N–H and O–H groups in total. The Bertz CT molecular complexity index is 312. The maximum atomic E-state index is 6.02. The van der Waals surface area contributed by atoms with Gasteiger partial charge in [0, 0.05) is 0 Å². The van der Waals surface area contributed by atoms with Gasteiger partial charge < -0.3 is 4.74 Å². The van der Waals surface area contributed by atoms with Gasteiger partial charge in [-0.25, -0.2) is 0 Å². The van der Waals surface area contributed by atoms with Gasteiger partial charge in [-0.3, -0.25) is 0 Å². The maximum absolute atomic E-state index is 6.02. The SMILES string of the molecule is CC[C@H]1CC[C@H](C(C)Oc2ccccc2)CC1. The molecule has 1 aliphatic rings. The fraction of sp³-hybridized carbons (Fsp3) is 0.625. The molecule has 1 atom stereocenters. The topological polar surface area (TPSA) is 9.23 Å². The molecule has 1 heteroatoms. The van der Waals surface area contributed by atoms with Gasteiger partial charge in [-0.05, 0) is 43.7 Å². The third-order valence-corrected chi connectivity index (χ3v) is 4.20. The summed E-state index contributed by atoms with van der Waals surface area (Å²) in [6, 6.07) is 10.2. The van der Waals surface area contributed by atoms with Crippen LogP contribution in [0.5, 0.6) is 5.75 Å². The van der Waals surface area contributed by atoms with Crippen LogP contribution in [-0.4, -0.2) is 6.10 Å². The second kappa shape index (κ2) is 6.09. The molecular weight excluding hydrogens is 208 g/mol. The number of hydrogen-bond acceptors (Lipinski definition) is 1. The molecule has 1 aliphatic carbocycles. The van der Waals surface area contributed by atoms with Crippen molar-refractivity contribution in [1.29, 1.82) is 0 Å². The Morgan fingerprint density at radius 2 is 1.76 bits per heavy atom. The summed E-state index contributed by atoms with van der Waals surface area (Å²) in [5.41, 5.74) is 0. The van der Waals surface area contributed by atoms with E-state index in [1.165, 1.54) is 32.1 Å². The van der Waals surface area contributed by atoms with Crippen LogP contribution in [0.1, 0.15) is 46.0 Å². The quantitative estimate of drug-likeness (QED) is 0.733. The summed E-state index contributed by atoms with van der Waals surface area (Å²) in [5, 5.41) is 0. The van der Waals surface area contributed by atoms with Crippen molar-refractivity contribution in [2.45, 2.75) is 52.1 Å². The molecule has 1 unspecified atom stereocenters. The summed E-state index contributed by atoms with van der Waals surface area (Å²) in [5.74, 6) is 2.73. The molecule has 94 valence electrons. The molecule has 1 saturated carbocycles. The third kappa shape index (κ3) is 3.49. The molecule has 2 rings (SSSR count). The normalized spacial score (nSPS) is 26.5. The molecule has 0 amide bonds. The van der Waals surface area contributed by atoms with Crippen LogP contribution in [0, 0.1) is 11.8 Å². The highest BCUT2D eigenvalue weighted by Crippen LogP contribution is 2.33. The van der Waals surface area contributed by atoms with E-state index in [1.54, 1.807) is 0 Å². The summed E-state index contributed by atoms with van der Waals surface area (Å²) in [6.07, 6.45) is 7.17. The lowest BCUT2D eigenvalue weighted by atomic mass is 9.79. The van der Waals surface area contributed by atoms with Crippen LogP contribution in [0.15, 0.2) is 30.3 Å². The standard InChI is InChI=1S/C16H24O/c1-3-14-9-11-15(12-10-14)13(2)17-16-7-5-4-6-8-16/h4-8,13-15H,3,9-12H2,1-2H3/t13?,14-,15-. The van der Waals surface area contributed by atoms with Crippen LogP contribution in [-0.2, 0) is 0 Å². The summed E-state index contributed by atoms with van der Waals surface area (Å²) in [7, 11) is 0. The minimum absolute atomic E-state index is 0.357. The van der Waals surface area contributed by atoms with Crippen LogP contribution in [0.3, 0.4) is 0 Å². The third-order valence-electron chi connectivity index (χ3n) is 4.20. The number of rotatable bonds is 4. The maximum Gasteiger partial charge on any atom is 0.119 e. The van der Waals surface area contributed by atoms with Gasteiger partial charge in [-0.2, -0.15) is 0 Å². The van der Waals surface area contributed by atoms with Crippen molar-refractivity contribution < 1.29 is 4.74 Å². The fourth-order valence-corrected chi connectivity index (χ4v) is 2.88. The van der Waals surface area contributed by atoms with Gasteiger partial charge in [0.2, 0.25) is 0 Å². The second-order valence-corrected chi connectivity index (χ2v) is 5.33. The van der Waals surface area contributed by atoms with Gasteiger partial charge in [-0.15, -0.1) is 0 Å². The zero-order valence-electron chi connectivity index (χ0n) is 11.1. The summed E-state index contributed by atoms with van der Waals surface area (Å²) in [4.78, 5) is 0. The van der Waals surface area contributed by atoms with Crippen LogP contribution < -0.4 is 4.74 Å². The average Bonchev–Trinajstić information content (AvgIpc) is 2.40. The van der Waals surface area contributed by atoms with Crippen molar-refractivity contribution in [3.63, 3.8) is 0 Å². The first kappa shape index (κ1) is 12.5. The Hall–Kier alpha value is -0.980. The Balaban J connectivity index is 1.83. The van der Waals surface area contributed by atoms with Crippen LogP contribution in [0.4, 0.5) is 0 Å². The molecule has 0 heterocycles. The van der Waals surface area contributed by atoms with Crippen molar-refractivity contribution in [3.8, 4) is 5.75 Å². The van der Waals surface area contributed by atoms with Crippen molar-refractivity contribution in [1.82, 2.24) is 0 Å². The molecular formula is C16H24O. The van der Waals surface area contributed by atoms with Crippen LogP contribution in [0.2, 0.25) is 0 Å². The van der Waals surface area contributed by atoms with E-state index in [4.69, 9.17) is 4.74 Å². The number of para-hydroxylation sites is 1. The Morgan fingerprint density at radius 1 is 1.12 bits per heavy atom. The number of hydrogen-bond donors (Lipinski definition) is 0. The summed E-state index contributed by atoms with van der Waals surface area (Å²) in [6.45, 7) is 4.54. The fourth-order valence-electron chi connectivity index (χ4n) is 2.88. The van der Waals surface area contributed by atoms with Gasteiger partial charge in [0.15, 0.2) is 0 Å². The van der Waals surface area contributed by atoms with Crippen LogP contribution in [0.25, 0.3) is 0 Å². The van der Waals surface area contributed by atoms with E-state index >= 15 is 0 Å². The molecule has 1 aromatic carbocycles. The molecule has 1 nitrogen and oxygen atoms in total. The predicted octanol–water partition coefficient (Wildman–Crippen LogP) is 4.67. The smallest absolute Gasteiger partial charge is 0.119 e. The highest BCUT2D eigenvalue weighted by atomic mass is 16.5. The monoisotopic (exact) mass is 232 g/mol. The molecule has 0 bridgehead atoms. The molecule has 0 saturated heterocycles. The van der Waals surface area contributed by atoms with Gasteiger partial charge in [0.1, 0.15) is 5.75 Å². The second-order valence-electron chi connectivity index (χ2n) is 5.33. The van der Waals surface area contributed by atoms with Crippen molar-refractivity contribution in [2.75, 3.05) is 0 Å².